The van der Waals surface area contributed by atoms with E-state index in [2.05, 4.69) is 0 Å². The summed E-state index contributed by atoms with van der Waals surface area (Å²) in [6, 6.07) is 0. The number of hydrogen-bond acceptors (Lipinski definition) is 3. The van der Waals surface area contributed by atoms with E-state index in [9.17, 15) is 4.79 Å². The fourth-order valence-electron chi connectivity index (χ4n) is 0.647. The minimum Gasteiger partial charge on any atom is -0.466 e. The summed E-state index contributed by atoms with van der Waals surface area (Å²) in [5.41, 5.74) is 0. The van der Waals surface area contributed by atoms with Crippen molar-refractivity contribution in [1.29, 1.82) is 0 Å². The van der Waals surface area contributed by atoms with Gasteiger partial charge >= 0.3 is 5.97 Å². The van der Waals surface area contributed by atoms with Gasteiger partial charge in [-0.15, -0.1) is 0 Å². The number of carbonyl (C=O) groups is 1. The highest BCUT2D eigenvalue weighted by atomic mass is 16.6. The van der Waals surface area contributed by atoms with E-state index in [1.165, 1.54) is 0 Å². The second kappa shape index (κ2) is 3.56. The van der Waals surface area contributed by atoms with Crippen LogP contribution in [0.1, 0.15) is 19.8 Å². The molecule has 0 aromatic heterocycles. The number of rotatable bonds is 4. The summed E-state index contributed by atoms with van der Waals surface area (Å²) in [5, 5.41) is 0. The van der Waals surface area contributed by atoms with Crippen molar-refractivity contribution in [3.8, 4) is 0 Å². The lowest BCUT2D eigenvalue weighted by molar-refractivity contribution is -0.144. The second-order valence-corrected chi connectivity index (χ2v) is 2.38. The Bertz CT molecular complexity index is 118. The predicted molar refractivity (Wildman–Crippen MR) is 35.6 cm³/mol. The van der Waals surface area contributed by atoms with E-state index in [0.717, 1.165) is 13.0 Å². The standard InChI is InChI=1S/C7H12O3/c1-2-3-9-7(8)4-6-5-10-6/h6H,2-5H2,1H3. The highest BCUT2D eigenvalue weighted by molar-refractivity contribution is 5.70. The Kier molecular flexibility index (Phi) is 2.68. The SMILES string of the molecule is CCCOC(=O)CC1CO1. The molecule has 58 valence electrons. The number of esters is 1. The largest absolute Gasteiger partial charge is 0.466 e. The maximum atomic E-state index is 10.8. The van der Waals surface area contributed by atoms with E-state index in [4.69, 9.17) is 9.47 Å². The molecule has 0 N–H and O–H groups in total. The van der Waals surface area contributed by atoms with E-state index < -0.39 is 0 Å². The van der Waals surface area contributed by atoms with E-state index in [-0.39, 0.29) is 12.1 Å². The summed E-state index contributed by atoms with van der Waals surface area (Å²) in [7, 11) is 0. The van der Waals surface area contributed by atoms with Crippen LogP contribution < -0.4 is 0 Å². The van der Waals surface area contributed by atoms with E-state index in [1.807, 2.05) is 6.92 Å². The summed E-state index contributed by atoms with van der Waals surface area (Å²) in [5.74, 6) is -0.135. The molecule has 1 unspecified atom stereocenters. The van der Waals surface area contributed by atoms with Gasteiger partial charge in [0.1, 0.15) is 0 Å². The van der Waals surface area contributed by atoms with Gasteiger partial charge in [-0.2, -0.15) is 0 Å². The monoisotopic (exact) mass is 144 g/mol. The van der Waals surface area contributed by atoms with Gasteiger partial charge < -0.3 is 9.47 Å². The van der Waals surface area contributed by atoms with Crippen LogP contribution in [0.4, 0.5) is 0 Å². The lowest BCUT2D eigenvalue weighted by atomic mass is 10.3. The molecule has 1 fully saturated rings. The zero-order chi connectivity index (χ0) is 7.40. The van der Waals surface area contributed by atoms with Crippen LogP contribution in [-0.2, 0) is 14.3 Å². The minimum absolute atomic E-state index is 0.135. The molecule has 0 aromatic rings. The van der Waals surface area contributed by atoms with E-state index in [0.29, 0.717) is 13.0 Å². The lowest BCUT2D eigenvalue weighted by Gasteiger charge is -1.99. The average molecular weight is 144 g/mol. The van der Waals surface area contributed by atoms with Crippen molar-refractivity contribution in [1.82, 2.24) is 0 Å². The van der Waals surface area contributed by atoms with Crippen LogP contribution >= 0.6 is 0 Å². The van der Waals surface area contributed by atoms with Gasteiger partial charge in [0.15, 0.2) is 0 Å². The summed E-state index contributed by atoms with van der Waals surface area (Å²) in [4.78, 5) is 10.8. The molecule has 1 rings (SSSR count). The van der Waals surface area contributed by atoms with Gasteiger partial charge in [-0.1, -0.05) is 6.92 Å². The third-order valence-corrected chi connectivity index (χ3v) is 1.26. The van der Waals surface area contributed by atoms with Crippen molar-refractivity contribution in [2.24, 2.45) is 0 Å². The van der Waals surface area contributed by atoms with Crippen molar-refractivity contribution >= 4 is 5.97 Å². The summed E-state index contributed by atoms with van der Waals surface area (Å²) in [6.07, 6.45) is 1.47. The van der Waals surface area contributed by atoms with Crippen molar-refractivity contribution in [3.63, 3.8) is 0 Å². The first-order valence-electron chi connectivity index (χ1n) is 3.60. The molecule has 0 saturated carbocycles. The van der Waals surface area contributed by atoms with Crippen molar-refractivity contribution in [2.45, 2.75) is 25.9 Å². The Balaban J connectivity index is 1.97. The van der Waals surface area contributed by atoms with Crippen molar-refractivity contribution in [2.75, 3.05) is 13.2 Å². The first-order valence-corrected chi connectivity index (χ1v) is 3.60. The summed E-state index contributed by atoms with van der Waals surface area (Å²) >= 11 is 0. The summed E-state index contributed by atoms with van der Waals surface area (Å²) < 4.78 is 9.68. The molecule has 0 amide bonds. The Morgan fingerprint density at radius 1 is 1.80 bits per heavy atom. The number of carbonyl (C=O) groups excluding carboxylic acids is 1. The highest BCUT2D eigenvalue weighted by Crippen LogP contribution is 2.13. The van der Waals surface area contributed by atoms with Gasteiger partial charge in [0.25, 0.3) is 0 Å². The predicted octanol–water partition coefficient (Wildman–Crippen LogP) is 0.729. The van der Waals surface area contributed by atoms with Gasteiger partial charge in [0, 0.05) is 0 Å². The summed E-state index contributed by atoms with van der Waals surface area (Å²) in [6.45, 7) is 3.23. The molecular weight excluding hydrogens is 132 g/mol. The maximum Gasteiger partial charge on any atom is 0.308 e. The van der Waals surface area contributed by atoms with Gasteiger partial charge in [-0.25, -0.2) is 0 Å². The smallest absolute Gasteiger partial charge is 0.308 e. The average Bonchev–Trinajstić information content (AvgIpc) is 2.67. The molecule has 1 aliphatic rings. The van der Waals surface area contributed by atoms with E-state index in [1.54, 1.807) is 0 Å². The minimum atomic E-state index is -0.135. The number of ether oxygens (including phenoxy) is 2. The molecule has 3 nitrogen and oxygen atoms in total. The molecule has 0 radical (unpaired) electrons. The zero-order valence-electron chi connectivity index (χ0n) is 6.13. The topological polar surface area (TPSA) is 38.8 Å². The van der Waals surface area contributed by atoms with E-state index >= 15 is 0 Å². The molecule has 0 aromatic carbocycles. The van der Waals surface area contributed by atoms with Crippen LogP contribution in [0.15, 0.2) is 0 Å². The zero-order valence-corrected chi connectivity index (χ0v) is 6.13. The molecule has 10 heavy (non-hydrogen) atoms. The van der Waals surface area contributed by atoms with Crippen LogP contribution in [0, 0.1) is 0 Å². The van der Waals surface area contributed by atoms with Crippen molar-refractivity contribution < 1.29 is 14.3 Å². The molecule has 0 aliphatic carbocycles. The molecular formula is C7H12O3. The van der Waals surface area contributed by atoms with Gasteiger partial charge in [-0.05, 0) is 6.42 Å². The van der Waals surface area contributed by atoms with Crippen LogP contribution in [0.3, 0.4) is 0 Å². The Hall–Kier alpha value is -0.570. The Morgan fingerprint density at radius 2 is 2.50 bits per heavy atom. The van der Waals surface area contributed by atoms with Crippen LogP contribution in [-0.4, -0.2) is 25.3 Å². The highest BCUT2D eigenvalue weighted by Gasteiger charge is 2.26. The molecule has 0 bridgehead atoms. The first-order chi connectivity index (χ1) is 4.83. The fraction of sp³-hybridized carbons (Fsp3) is 0.857. The molecule has 1 aliphatic heterocycles. The van der Waals surface area contributed by atoms with Gasteiger partial charge in [0.2, 0.25) is 0 Å². The second-order valence-electron chi connectivity index (χ2n) is 2.38. The Labute approximate surface area is 60.3 Å². The number of hydrogen-bond donors (Lipinski definition) is 0. The maximum absolute atomic E-state index is 10.8. The van der Waals surface area contributed by atoms with Crippen molar-refractivity contribution in [3.05, 3.63) is 0 Å². The first kappa shape index (κ1) is 7.54. The quantitative estimate of drug-likeness (QED) is 0.431. The Morgan fingerprint density at radius 3 is 3.00 bits per heavy atom. The molecule has 1 heterocycles. The third-order valence-electron chi connectivity index (χ3n) is 1.26. The molecule has 1 saturated heterocycles. The fourth-order valence-corrected chi connectivity index (χ4v) is 0.647. The van der Waals surface area contributed by atoms with Crippen LogP contribution in [0.25, 0.3) is 0 Å². The lowest BCUT2D eigenvalue weighted by Crippen LogP contribution is -2.07. The van der Waals surface area contributed by atoms with Gasteiger partial charge in [-0.3, -0.25) is 4.79 Å². The normalized spacial score (nSPS) is 22.3. The molecule has 1 atom stereocenters. The molecule has 3 heteroatoms. The van der Waals surface area contributed by atoms with Crippen LogP contribution in [0.2, 0.25) is 0 Å². The number of epoxide rings is 1. The third kappa shape index (κ3) is 2.82. The van der Waals surface area contributed by atoms with Gasteiger partial charge in [0.05, 0.1) is 25.7 Å². The molecule has 0 spiro atoms. The van der Waals surface area contributed by atoms with Crippen LogP contribution in [0.5, 0.6) is 0 Å².